The molecule has 0 fully saturated rings. The second-order valence-corrected chi connectivity index (χ2v) is 3.31. The van der Waals surface area contributed by atoms with Crippen LogP contribution in [-0.4, -0.2) is 24.5 Å². The molecule has 2 nitrogen and oxygen atoms in total. The molecule has 2 atom stereocenters. The molecule has 78 valence electrons. The van der Waals surface area contributed by atoms with Gasteiger partial charge in [0.25, 0.3) is 0 Å². The Morgan fingerprint density at radius 3 is 2.79 bits per heavy atom. The maximum absolute atomic E-state index is 13.2. The molecule has 14 heavy (non-hydrogen) atoms. The molecule has 0 amide bonds. The van der Waals surface area contributed by atoms with Crippen molar-refractivity contribution in [1.82, 2.24) is 0 Å². The number of hydrogen-bond acceptors (Lipinski definition) is 2. The van der Waals surface area contributed by atoms with E-state index >= 15 is 0 Å². The maximum Gasteiger partial charge on any atom is 0.130 e. The van der Waals surface area contributed by atoms with E-state index in [0.717, 1.165) is 5.56 Å². The van der Waals surface area contributed by atoms with E-state index in [1.165, 1.54) is 6.92 Å². The highest BCUT2D eigenvalue weighted by atomic mass is 19.1. The monoisotopic (exact) mass is 198 g/mol. The lowest BCUT2D eigenvalue weighted by Gasteiger charge is -2.11. The molecule has 1 rings (SSSR count). The lowest BCUT2D eigenvalue weighted by Crippen LogP contribution is -2.20. The van der Waals surface area contributed by atoms with Crippen LogP contribution < -0.4 is 4.74 Å². The third-order valence-electron chi connectivity index (χ3n) is 2.09. The Kier molecular flexibility index (Phi) is 3.89. The Balaban J connectivity index is 2.66. The molecule has 0 radical (unpaired) electrons. The molecule has 0 aliphatic heterocycles. The topological polar surface area (TPSA) is 29.5 Å². The zero-order valence-electron chi connectivity index (χ0n) is 8.40. The lowest BCUT2D eigenvalue weighted by molar-refractivity contribution is 0.0932. The first-order valence-electron chi connectivity index (χ1n) is 4.58. The van der Waals surface area contributed by atoms with E-state index in [1.54, 1.807) is 19.2 Å². The Morgan fingerprint density at radius 1 is 1.50 bits per heavy atom. The van der Waals surface area contributed by atoms with Gasteiger partial charge in [-0.25, -0.2) is 4.39 Å². The molecule has 0 saturated heterocycles. The van der Waals surface area contributed by atoms with Gasteiger partial charge in [-0.15, -0.1) is 0 Å². The molecule has 0 saturated carbocycles. The van der Waals surface area contributed by atoms with Crippen molar-refractivity contribution in [3.63, 3.8) is 0 Å². The molecule has 0 spiro atoms. The Labute approximate surface area is 83.3 Å². The molecule has 1 aromatic rings. The first-order valence-corrected chi connectivity index (χ1v) is 4.58. The highest BCUT2D eigenvalue weighted by molar-refractivity contribution is 5.28. The third-order valence-corrected chi connectivity index (χ3v) is 2.09. The molecular formula is C11H15FO2. The summed E-state index contributed by atoms with van der Waals surface area (Å²) in [4.78, 5) is 0. The molecule has 2 unspecified atom stereocenters. The summed E-state index contributed by atoms with van der Waals surface area (Å²) in [5, 5.41) is 9.00. The highest BCUT2D eigenvalue weighted by Crippen LogP contribution is 2.15. The molecule has 0 heterocycles. The smallest absolute Gasteiger partial charge is 0.130 e. The van der Waals surface area contributed by atoms with Crippen molar-refractivity contribution in [2.75, 3.05) is 7.11 Å². The number of rotatable bonds is 4. The first kappa shape index (κ1) is 11.0. The van der Waals surface area contributed by atoms with E-state index < -0.39 is 12.3 Å². The van der Waals surface area contributed by atoms with Crippen molar-refractivity contribution in [3.05, 3.63) is 29.8 Å². The average Bonchev–Trinajstić information content (AvgIpc) is 2.18. The van der Waals surface area contributed by atoms with E-state index in [4.69, 9.17) is 9.84 Å². The van der Waals surface area contributed by atoms with Gasteiger partial charge in [0.1, 0.15) is 11.9 Å². The molecule has 1 aromatic carbocycles. The standard InChI is InChI=1S/C11H15FO2/c1-8(13)11(12)7-9-4-3-5-10(6-9)14-2/h3-6,8,11,13H,7H2,1-2H3. The van der Waals surface area contributed by atoms with Gasteiger partial charge in [-0.1, -0.05) is 12.1 Å². The molecule has 0 aromatic heterocycles. The van der Waals surface area contributed by atoms with E-state index in [0.29, 0.717) is 5.75 Å². The summed E-state index contributed by atoms with van der Waals surface area (Å²) >= 11 is 0. The van der Waals surface area contributed by atoms with Crippen LogP contribution >= 0.6 is 0 Å². The zero-order chi connectivity index (χ0) is 10.6. The normalized spacial score (nSPS) is 14.9. The largest absolute Gasteiger partial charge is 0.497 e. The van der Waals surface area contributed by atoms with E-state index in [9.17, 15) is 4.39 Å². The number of alkyl halides is 1. The minimum Gasteiger partial charge on any atom is -0.497 e. The van der Waals surface area contributed by atoms with Gasteiger partial charge in [0.05, 0.1) is 13.2 Å². The number of aliphatic hydroxyl groups excluding tert-OH is 1. The van der Waals surface area contributed by atoms with Crippen molar-refractivity contribution in [1.29, 1.82) is 0 Å². The number of ether oxygens (including phenoxy) is 1. The summed E-state index contributed by atoms with van der Waals surface area (Å²) < 4.78 is 18.2. The fourth-order valence-electron chi connectivity index (χ4n) is 1.20. The van der Waals surface area contributed by atoms with Crippen molar-refractivity contribution >= 4 is 0 Å². The molecule has 0 bridgehead atoms. The number of hydrogen-bond donors (Lipinski definition) is 1. The van der Waals surface area contributed by atoms with Gasteiger partial charge in [0.15, 0.2) is 0 Å². The van der Waals surface area contributed by atoms with Gasteiger partial charge in [0.2, 0.25) is 0 Å². The van der Waals surface area contributed by atoms with Crippen molar-refractivity contribution in [3.8, 4) is 5.75 Å². The molecule has 3 heteroatoms. The fraction of sp³-hybridized carbons (Fsp3) is 0.455. The van der Waals surface area contributed by atoms with Crippen molar-refractivity contribution in [2.24, 2.45) is 0 Å². The van der Waals surface area contributed by atoms with Crippen LogP contribution in [0.3, 0.4) is 0 Å². The van der Waals surface area contributed by atoms with E-state index in [1.807, 2.05) is 12.1 Å². The third kappa shape index (κ3) is 3.00. The van der Waals surface area contributed by atoms with Crippen LogP contribution in [-0.2, 0) is 6.42 Å². The summed E-state index contributed by atoms with van der Waals surface area (Å²) in [6.07, 6.45) is -1.93. The number of methoxy groups -OCH3 is 1. The predicted octanol–water partition coefficient (Wildman–Crippen LogP) is 1.96. The van der Waals surface area contributed by atoms with Crippen LogP contribution in [0.1, 0.15) is 12.5 Å². The quantitative estimate of drug-likeness (QED) is 0.801. The van der Waals surface area contributed by atoms with Gasteiger partial charge >= 0.3 is 0 Å². The van der Waals surface area contributed by atoms with Crippen LogP contribution in [0.25, 0.3) is 0 Å². The van der Waals surface area contributed by atoms with Crippen LogP contribution in [0, 0.1) is 0 Å². The average molecular weight is 198 g/mol. The van der Waals surface area contributed by atoms with Crippen molar-refractivity contribution in [2.45, 2.75) is 25.6 Å². The van der Waals surface area contributed by atoms with E-state index in [-0.39, 0.29) is 6.42 Å². The van der Waals surface area contributed by atoms with Gasteiger partial charge in [-0.2, -0.15) is 0 Å². The molecule has 0 aliphatic rings. The molecule has 0 aliphatic carbocycles. The van der Waals surface area contributed by atoms with Gasteiger partial charge in [-0.3, -0.25) is 0 Å². The zero-order valence-corrected chi connectivity index (χ0v) is 8.40. The second-order valence-electron chi connectivity index (χ2n) is 3.31. The summed E-state index contributed by atoms with van der Waals surface area (Å²) in [6, 6.07) is 7.20. The van der Waals surface area contributed by atoms with Gasteiger partial charge < -0.3 is 9.84 Å². The second kappa shape index (κ2) is 4.96. The maximum atomic E-state index is 13.2. The Hall–Kier alpha value is -1.09. The van der Waals surface area contributed by atoms with Crippen molar-refractivity contribution < 1.29 is 14.2 Å². The Morgan fingerprint density at radius 2 is 2.21 bits per heavy atom. The number of aliphatic hydroxyl groups is 1. The van der Waals surface area contributed by atoms with Gasteiger partial charge in [-0.05, 0) is 24.6 Å². The summed E-state index contributed by atoms with van der Waals surface area (Å²) in [5.41, 5.74) is 0.831. The summed E-state index contributed by atoms with van der Waals surface area (Å²) in [6.45, 7) is 1.45. The lowest BCUT2D eigenvalue weighted by atomic mass is 10.1. The van der Waals surface area contributed by atoms with Crippen LogP contribution in [0.15, 0.2) is 24.3 Å². The van der Waals surface area contributed by atoms with Gasteiger partial charge in [0, 0.05) is 6.42 Å². The fourth-order valence-corrected chi connectivity index (χ4v) is 1.20. The van der Waals surface area contributed by atoms with Crippen LogP contribution in [0.4, 0.5) is 4.39 Å². The van der Waals surface area contributed by atoms with Crippen LogP contribution in [0.2, 0.25) is 0 Å². The minimum atomic E-state index is -1.22. The predicted molar refractivity (Wildman–Crippen MR) is 53.3 cm³/mol. The number of halogens is 1. The molecule has 1 N–H and O–H groups in total. The Bertz CT molecular complexity index is 286. The van der Waals surface area contributed by atoms with E-state index in [2.05, 4.69) is 0 Å². The highest BCUT2D eigenvalue weighted by Gasteiger charge is 2.13. The summed E-state index contributed by atoms with van der Waals surface area (Å²) in [5.74, 6) is 0.709. The van der Waals surface area contributed by atoms with Crippen LogP contribution in [0.5, 0.6) is 5.75 Å². The number of benzene rings is 1. The molecular weight excluding hydrogens is 183 g/mol. The SMILES string of the molecule is COc1cccc(CC(F)C(C)O)c1. The minimum absolute atomic E-state index is 0.217. The first-order chi connectivity index (χ1) is 6.63. The summed E-state index contributed by atoms with van der Waals surface area (Å²) in [7, 11) is 1.57.